The van der Waals surface area contributed by atoms with Crippen LogP contribution in [0.3, 0.4) is 0 Å². The second kappa shape index (κ2) is 11.1. The minimum atomic E-state index is -0.863. The second-order valence-electron chi connectivity index (χ2n) is 11.1. The third-order valence-electron chi connectivity index (χ3n) is 8.46. The number of hydrogen-bond donors (Lipinski definition) is 0. The summed E-state index contributed by atoms with van der Waals surface area (Å²) < 4.78 is 206. The number of furan rings is 1. The molecule has 10 aromatic rings. The lowest BCUT2D eigenvalue weighted by Gasteiger charge is -2.18. The van der Waals surface area contributed by atoms with Crippen LogP contribution in [0.4, 0.5) is 0 Å². The average Bonchev–Trinajstić information content (AvgIpc) is 3.74. The molecule has 0 aliphatic rings. The van der Waals surface area contributed by atoms with Crippen LogP contribution in [0, 0.1) is 0 Å². The molecule has 0 amide bonds. The Labute approximate surface area is 315 Å². The van der Waals surface area contributed by atoms with Crippen molar-refractivity contribution in [2.24, 2.45) is 0 Å². The summed E-state index contributed by atoms with van der Waals surface area (Å²) >= 11 is 0. The first-order valence-corrected chi connectivity index (χ1v) is 15.1. The van der Waals surface area contributed by atoms with Crippen molar-refractivity contribution in [3.05, 3.63) is 181 Å². The van der Waals surface area contributed by atoms with E-state index in [2.05, 4.69) is 0 Å². The summed E-state index contributed by atoms with van der Waals surface area (Å²) in [5.41, 5.74) is -1.48. The molecule has 0 fully saturated rings. The van der Waals surface area contributed by atoms with E-state index in [0.717, 1.165) is 0 Å². The van der Waals surface area contributed by atoms with Crippen molar-refractivity contribution in [3.8, 4) is 44.7 Å². The highest BCUT2D eigenvalue weighted by Crippen LogP contribution is 2.51. The van der Waals surface area contributed by atoms with E-state index in [9.17, 15) is 9.60 Å². The Morgan fingerprint density at radius 3 is 1.67 bits per heavy atom. The minimum absolute atomic E-state index is 0.00116. The largest absolute Gasteiger partial charge is 0.455 e. The van der Waals surface area contributed by atoms with E-state index < -0.39 is 204 Å². The Balaban J connectivity index is 1.56. The van der Waals surface area contributed by atoms with Gasteiger partial charge in [0.25, 0.3) is 0 Å². The van der Waals surface area contributed by atoms with E-state index >= 15 is 0 Å². The Bertz CT molecular complexity index is 4020. The molecule has 0 aliphatic heterocycles. The summed E-state index contributed by atoms with van der Waals surface area (Å²) in [6.07, 6.45) is 0. The van der Waals surface area contributed by atoms with Crippen molar-refractivity contribution in [1.82, 2.24) is 0 Å². The van der Waals surface area contributed by atoms with E-state index in [1.54, 1.807) is 42.5 Å². The standard InChI is InChI=1S/C48H30O/c1-3-14-31(15-4-1)37-24-13-25-42-46(47(49-48(37)42)35-29-28-33-27-26-32-16-7-8-19-36(32)43(33)30-35)45-40-22-11-9-20-38(40)44(34-17-5-2-6-18-34)39-21-10-12-23-41(39)45/h1-30H/i2D,5D,6D,7D,8D,9D,10D,11D,12D,16D,17D,18D,19D,20D,21D,22D,23D,26D,27D,28D,29D,30D. The fourth-order valence-corrected chi connectivity index (χ4v) is 6.41. The maximum atomic E-state index is 9.96. The molecule has 10 rings (SSSR count). The minimum Gasteiger partial charge on any atom is -0.455 e. The van der Waals surface area contributed by atoms with E-state index in [0.29, 0.717) is 11.1 Å². The van der Waals surface area contributed by atoms with Gasteiger partial charge in [-0.1, -0.05) is 175 Å². The fourth-order valence-electron chi connectivity index (χ4n) is 6.41. The molecule has 0 radical (unpaired) electrons. The van der Waals surface area contributed by atoms with Gasteiger partial charge in [-0.25, -0.2) is 0 Å². The summed E-state index contributed by atoms with van der Waals surface area (Å²) in [5.74, 6) is -0.498. The molecule has 0 bridgehead atoms. The molecule has 0 saturated heterocycles. The normalized spacial score (nSPS) is 18.0. The van der Waals surface area contributed by atoms with E-state index in [1.807, 2.05) is 0 Å². The van der Waals surface area contributed by atoms with Crippen LogP contribution in [-0.4, -0.2) is 0 Å². The zero-order valence-corrected chi connectivity index (χ0v) is 25.0. The maximum absolute atomic E-state index is 9.96. The van der Waals surface area contributed by atoms with E-state index in [-0.39, 0.29) is 16.5 Å². The number of benzene rings is 9. The van der Waals surface area contributed by atoms with Crippen molar-refractivity contribution >= 4 is 54.1 Å². The summed E-state index contributed by atoms with van der Waals surface area (Å²) in [7, 11) is 0. The molecule has 9 aromatic carbocycles. The molecular formula is C48H30O. The summed E-state index contributed by atoms with van der Waals surface area (Å²) in [6.45, 7) is 0. The van der Waals surface area contributed by atoms with Crippen LogP contribution in [0.15, 0.2) is 186 Å². The Kier molecular flexibility index (Phi) is 3.07. The van der Waals surface area contributed by atoms with E-state index in [4.69, 9.17) is 25.0 Å². The van der Waals surface area contributed by atoms with Crippen LogP contribution in [0.2, 0.25) is 0 Å². The first-order chi connectivity index (χ1) is 33.5. The molecule has 0 unspecified atom stereocenters. The van der Waals surface area contributed by atoms with Gasteiger partial charge in [0, 0.05) is 27.6 Å². The van der Waals surface area contributed by atoms with E-state index in [1.165, 1.54) is 6.07 Å². The number of hydrogen-bond acceptors (Lipinski definition) is 1. The molecule has 0 atom stereocenters. The number of fused-ring (bicyclic) bond motifs is 6. The van der Waals surface area contributed by atoms with Crippen LogP contribution >= 0.6 is 0 Å². The molecule has 1 heterocycles. The third kappa shape index (κ3) is 4.33. The highest BCUT2D eigenvalue weighted by atomic mass is 16.3. The molecule has 1 aromatic heterocycles. The van der Waals surface area contributed by atoms with Gasteiger partial charge in [-0.05, 0) is 65.8 Å². The van der Waals surface area contributed by atoms with Gasteiger partial charge in [0.2, 0.25) is 0 Å². The molecule has 1 nitrogen and oxygen atoms in total. The molecule has 0 aliphatic carbocycles. The molecular weight excluding hydrogens is 593 g/mol. The second-order valence-corrected chi connectivity index (χ2v) is 11.1. The van der Waals surface area contributed by atoms with Crippen LogP contribution in [0.1, 0.15) is 30.2 Å². The monoisotopic (exact) mass is 644 g/mol. The Hall–Kier alpha value is -6.44. The Morgan fingerprint density at radius 1 is 0.367 bits per heavy atom. The predicted octanol–water partition coefficient (Wildman–Crippen LogP) is 13.7. The van der Waals surface area contributed by atoms with Crippen LogP contribution < -0.4 is 0 Å². The first-order valence-electron chi connectivity index (χ1n) is 26.1. The van der Waals surface area contributed by atoms with Crippen LogP contribution in [-0.2, 0) is 0 Å². The van der Waals surface area contributed by atoms with Gasteiger partial charge in [-0.3, -0.25) is 0 Å². The van der Waals surface area contributed by atoms with Gasteiger partial charge >= 0.3 is 0 Å². The van der Waals surface area contributed by atoms with Crippen molar-refractivity contribution in [2.75, 3.05) is 0 Å². The summed E-state index contributed by atoms with van der Waals surface area (Å²) in [4.78, 5) is 0. The zero-order valence-electron chi connectivity index (χ0n) is 47.0. The van der Waals surface area contributed by atoms with Gasteiger partial charge in [0.1, 0.15) is 11.3 Å². The first kappa shape index (κ1) is 13.6. The summed E-state index contributed by atoms with van der Waals surface area (Å²) in [5, 5.41) is -3.79. The van der Waals surface area contributed by atoms with Crippen molar-refractivity contribution in [3.63, 3.8) is 0 Å². The van der Waals surface area contributed by atoms with Gasteiger partial charge < -0.3 is 4.42 Å². The fraction of sp³-hybridized carbons (Fsp3) is 0. The summed E-state index contributed by atoms with van der Waals surface area (Å²) in [6, 6.07) is -4.21. The quantitative estimate of drug-likeness (QED) is 0.137. The zero-order chi connectivity index (χ0) is 51.5. The smallest absolute Gasteiger partial charge is 0.143 e. The van der Waals surface area contributed by atoms with Gasteiger partial charge in [-0.15, -0.1) is 0 Å². The van der Waals surface area contributed by atoms with Gasteiger partial charge in [0.05, 0.1) is 30.2 Å². The van der Waals surface area contributed by atoms with Crippen molar-refractivity contribution in [2.45, 2.75) is 0 Å². The SMILES string of the molecule is [2H]c1c([2H])c([2H])c(-c2c3c([2H])c([2H])c([2H])c([2H])c3c(-c3c(-c4c([2H])c([2H])c5c([2H])c([2H])c6c([2H])c([2H])c([2H])c([2H])c6c5c4[2H])oc4c(-c5ccccc5)cccc34)c3c([2H])c([2H])c([2H])c([2H])c23)c([2H])c1[2H]. The lowest BCUT2D eigenvalue weighted by atomic mass is 9.84. The van der Waals surface area contributed by atoms with Gasteiger partial charge in [-0.2, -0.15) is 0 Å². The molecule has 0 saturated carbocycles. The molecule has 1 heteroatoms. The Morgan fingerprint density at radius 2 is 0.959 bits per heavy atom. The molecule has 49 heavy (non-hydrogen) atoms. The number of para-hydroxylation sites is 1. The van der Waals surface area contributed by atoms with Gasteiger partial charge in [0.15, 0.2) is 0 Å². The highest BCUT2D eigenvalue weighted by Gasteiger charge is 2.25. The average molecular weight is 645 g/mol. The third-order valence-corrected chi connectivity index (χ3v) is 8.46. The molecule has 0 N–H and O–H groups in total. The van der Waals surface area contributed by atoms with Crippen LogP contribution in [0.25, 0.3) is 98.8 Å². The molecule has 0 spiro atoms. The maximum Gasteiger partial charge on any atom is 0.143 e. The lowest BCUT2D eigenvalue weighted by Crippen LogP contribution is -1.91. The predicted molar refractivity (Wildman–Crippen MR) is 208 cm³/mol. The highest BCUT2D eigenvalue weighted by molar-refractivity contribution is 6.25. The topological polar surface area (TPSA) is 13.1 Å². The molecule has 228 valence electrons. The lowest BCUT2D eigenvalue weighted by molar-refractivity contribution is 0.633. The van der Waals surface area contributed by atoms with Crippen molar-refractivity contribution < 1.29 is 34.6 Å². The van der Waals surface area contributed by atoms with Crippen molar-refractivity contribution in [1.29, 1.82) is 0 Å². The number of rotatable bonds is 4. The van der Waals surface area contributed by atoms with Crippen LogP contribution in [0.5, 0.6) is 0 Å².